The van der Waals surface area contributed by atoms with Gasteiger partial charge in [0.1, 0.15) is 46.4 Å². The highest BCUT2D eigenvalue weighted by atomic mass is 79.9. The zero-order valence-corrected chi connectivity index (χ0v) is 27.9. The number of allylic oxidation sites excluding steroid dienone is 1. The molecule has 1 aliphatic carbocycles. The standard InChI is InChI=1S/C32H39BrFN5O7/c1-17-27(36-23-13-19(34)12-21(33)25(23)35-17)45-20-14-24-26(40)38-32(29(42)43)15-18(32)10-8-6-5-7-9-11-22(28(41)39(24)16-20)37-30(44)46-31(2,3)4/h8,10,12-13,18,20,22,24H,5-7,9,11,14-16H2,1-4H3,(H,37,44)(H,38,40)(H,42,43)/b10-8-/t18-,20-,22+,24+,32-/m1/s1. The van der Waals surface area contributed by atoms with Gasteiger partial charge in [-0.1, -0.05) is 25.0 Å². The number of carbonyl (C=O) groups is 4. The summed E-state index contributed by atoms with van der Waals surface area (Å²) in [6, 6.07) is 0.435. The molecular formula is C32H39BrFN5O7. The zero-order chi connectivity index (χ0) is 33.4. The van der Waals surface area contributed by atoms with Gasteiger partial charge in [-0.15, -0.1) is 0 Å². The molecule has 3 amide bonds. The van der Waals surface area contributed by atoms with Crippen molar-refractivity contribution in [2.75, 3.05) is 6.54 Å². The first-order valence-electron chi connectivity index (χ1n) is 15.5. The molecule has 46 heavy (non-hydrogen) atoms. The number of carboxylic acids is 1. The fourth-order valence-electron chi connectivity index (χ4n) is 6.02. The first-order chi connectivity index (χ1) is 21.7. The van der Waals surface area contributed by atoms with E-state index in [0.29, 0.717) is 28.5 Å². The number of carbonyl (C=O) groups excluding carboxylic acids is 3. The highest BCUT2D eigenvalue weighted by molar-refractivity contribution is 9.10. The Bertz CT molecular complexity index is 1580. The Kier molecular flexibility index (Phi) is 9.57. The van der Waals surface area contributed by atoms with Gasteiger partial charge in [0.2, 0.25) is 17.7 Å². The van der Waals surface area contributed by atoms with Crippen LogP contribution in [0.15, 0.2) is 28.8 Å². The minimum Gasteiger partial charge on any atom is -0.479 e. The molecule has 5 atom stereocenters. The van der Waals surface area contributed by atoms with Gasteiger partial charge in [0.15, 0.2) is 0 Å². The monoisotopic (exact) mass is 703 g/mol. The van der Waals surface area contributed by atoms with Crippen molar-refractivity contribution in [3.8, 4) is 5.88 Å². The largest absolute Gasteiger partial charge is 0.479 e. The van der Waals surface area contributed by atoms with E-state index in [1.165, 1.54) is 17.0 Å². The number of halogens is 2. The van der Waals surface area contributed by atoms with Gasteiger partial charge in [-0.3, -0.25) is 9.59 Å². The van der Waals surface area contributed by atoms with Gasteiger partial charge in [-0.2, -0.15) is 0 Å². The molecule has 3 N–H and O–H groups in total. The Labute approximate surface area is 274 Å². The van der Waals surface area contributed by atoms with Crippen LogP contribution in [-0.4, -0.2) is 79.7 Å². The fraction of sp³-hybridized carbons (Fsp3) is 0.562. The molecule has 0 bridgehead atoms. The van der Waals surface area contributed by atoms with Crippen LogP contribution < -0.4 is 15.4 Å². The van der Waals surface area contributed by atoms with E-state index in [0.717, 1.165) is 19.3 Å². The Morgan fingerprint density at radius 2 is 1.96 bits per heavy atom. The van der Waals surface area contributed by atoms with Crippen LogP contribution in [-0.2, 0) is 19.1 Å². The Morgan fingerprint density at radius 3 is 2.67 bits per heavy atom. The van der Waals surface area contributed by atoms with Crippen molar-refractivity contribution in [2.24, 2.45) is 5.92 Å². The van der Waals surface area contributed by atoms with Gasteiger partial charge >= 0.3 is 12.1 Å². The molecule has 2 aliphatic heterocycles. The normalized spacial score (nSPS) is 27.8. The third-order valence-corrected chi connectivity index (χ3v) is 9.01. The molecule has 0 unspecified atom stereocenters. The summed E-state index contributed by atoms with van der Waals surface area (Å²) in [5.41, 5.74) is -1.14. The second-order valence-corrected chi connectivity index (χ2v) is 14.0. The molecule has 1 aromatic heterocycles. The van der Waals surface area contributed by atoms with Crippen LogP contribution in [0.4, 0.5) is 9.18 Å². The summed E-state index contributed by atoms with van der Waals surface area (Å²) in [6.45, 7) is 6.79. The lowest BCUT2D eigenvalue weighted by atomic mass is 10.0. The molecule has 0 spiro atoms. The third-order valence-electron chi connectivity index (χ3n) is 8.41. The molecule has 3 heterocycles. The number of carboxylic acid groups (broad SMARTS) is 1. The molecule has 2 fully saturated rings. The number of nitrogens with zero attached hydrogens (tertiary/aromatic N) is 3. The number of hydrogen-bond donors (Lipinski definition) is 3. The first-order valence-corrected chi connectivity index (χ1v) is 16.3. The van der Waals surface area contributed by atoms with Crippen molar-refractivity contribution in [3.63, 3.8) is 0 Å². The van der Waals surface area contributed by atoms with E-state index in [1.54, 1.807) is 27.7 Å². The molecule has 1 saturated carbocycles. The third kappa shape index (κ3) is 7.42. The van der Waals surface area contributed by atoms with E-state index >= 15 is 0 Å². The summed E-state index contributed by atoms with van der Waals surface area (Å²) in [4.78, 5) is 63.4. The summed E-state index contributed by atoms with van der Waals surface area (Å²) in [5.74, 6) is -3.04. The van der Waals surface area contributed by atoms with Crippen LogP contribution in [0, 0.1) is 18.7 Å². The number of aryl methyl sites for hydroxylation is 1. The number of hydrogen-bond acceptors (Lipinski definition) is 8. The number of aromatic nitrogens is 2. The van der Waals surface area contributed by atoms with E-state index in [1.807, 2.05) is 12.2 Å². The molecule has 2 aromatic rings. The lowest BCUT2D eigenvalue weighted by Crippen LogP contribution is -2.56. The van der Waals surface area contributed by atoms with E-state index < -0.39 is 59.0 Å². The van der Waals surface area contributed by atoms with Gasteiger partial charge in [0, 0.05) is 22.9 Å². The number of rotatable bonds is 4. The summed E-state index contributed by atoms with van der Waals surface area (Å²) < 4.78 is 26.2. The highest BCUT2D eigenvalue weighted by Gasteiger charge is 2.61. The highest BCUT2D eigenvalue weighted by Crippen LogP contribution is 2.45. The van der Waals surface area contributed by atoms with Crippen LogP contribution in [0.5, 0.6) is 5.88 Å². The molecule has 3 aliphatic rings. The van der Waals surface area contributed by atoms with Crippen molar-refractivity contribution in [2.45, 2.75) is 102 Å². The van der Waals surface area contributed by atoms with Gasteiger partial charge < -0.3 is 30.1 Å². The molecule has 1 aromatic carbocycles. The van der Waals surface area contributed by atoms with Crippen molar-refractivity contribution in [1.82, 2.24) is 25.5 Å². The zero-order valence-electron chi connectivity index (χ0n) is 26.3. The summed E-state index contributed by atoms with van der Waals surface area (Å²) in [6.07, 6.45) is 5.82. The van der Waals surface area contributed by atoms with E-state index in [-0.39, 0.29) is 36.7 Å². The maximum atomic E-state index is 14.1. The number of benzene rings is 1. The van der Waals surface area contributed by atoms with E-state index in [2.05, 4.69) is 36.5 Å². The number of amides is 3. The Morgan fingerprint density at radius 1 is 1.20 bits per heavy atom. The van der Waals surface area contributed by atoms with E-state index in [4.69, 9.17) is 9.47 Å². The van der Waals surface area contributed by atoms with Crippen molar-refractivity contribution < 1.29 is 38.1 Å². The second kappa shape index (κ2) is 13.1. The summed E-state index contributed by atoms with van der Waals surface area (Å²) in [5, 5.41) is 15.5. The van der Waals surface area contributed by atoms with Gasteiger partial charge in [0.25, 0.3) is 0 Å². The van der Waals surface area contributed by atoms with Crippen LogP contribution >= 0.6 is 15.9 Å². The first kappa shape index (κ1) is 33.6. The van der Waals surface area contributed by atoms with E-state index in [9.17, 15) is 28.7 Å². The molecule has 5 rings (SSSR count). The molecular weight excluding hydrogens is 665 g/mol. The SMILES string of the molecule is Cc1nc2c(Br)cc(F)cc2nc1O[C@@H]1C[C@H]2C(=O)N[C@]3(C(=O)O)C[C@H]3/C=C\CCCCC[C@H](NC(=O)OC(C)(C)C)C(=O)N2C1. The minimum atomic E-state index is -1.46. The van der Waals surface area contributed by atoms with Crippen molar-refractivity contribution >= 4 is 50.8 Å². The van der Waals surface area contributed by atoms with Gasteiger partial charge in [-0.05, 0) is 75.4 Å². The summed E-state index contributed by atoms with van der Waals surface area (Å²) >= 11 is 3.31. The van der Waals surface area contributed by atoms with Crippen LogP contribution in [0.1, 0.15) is 71.4 Å². The number of aliphatic carboxylic acids is 1. The molecule has 1 saturated heterocycles. The number of ether oxygens (including phenoxy) is 2. The Hall–Kier alpha value is -3.81. The Balaban J connectivity index is 1.45. The summed E-state index contributed by atoms with van der Waals surface area (Å²) in [7, 11) is 0. The molecule has 248 valence electrons. The lowest BCUT2D eigenvalue weighted by Gasteiger charge is -2.30. The number of fused-ring (bicyclic) bond motifs is 3. The van der Waals surface area contributed by atoms with Crippen molar-refractivity contribution in [3.05, 3.63) is 40.3 Å². The van der Waals surface area contributed by atoms with Gasteiger partial charge in [0.05, 0.1) is 12.1 Å². The number of alkyl carbamates (subject to hydrolysis) is 1. The topological polar surface area (TPSA) is 160 Å². The van der Waals surface area contributed by atoms with Crippen LogP contribution in [0.25, 0.3) is 11.0 Å². The predicted molar refractivity (Wildman–Crippen MR) is 168 cm³/mol. The second-order valence-electron chi connectivity index (χ2n) is 13.2. The van der Waals surface area contributed by atoms with Crippen LogP contribution in [0.2, 0.25) is 0 Å². The quantitative estimate of drug-likeness (QED) is 0.388. The van der Waals surface area contributed by atoms with Crippen molar-refractivity contribution in [1.29, 1.82) is 0 Å². The smallest absolute Gasteiger partial charge is 0.408 e. The number of nitrogens with one attached hydrogen (secondary N) is 2. The van der Waals surface area contributed by atoms with Crippen LogP contribution in [0.3, 0.4) is 0 Å². The average molecular weight is 705 g/mol. The molecule has 0 radical (unpaired) electrons. The fourth-order valence-corrected chi connectivity index (χ4v) is 6.53. The lowest BCUT2D eigenvalue weighted by molar-refractivity contribution is -0.145. The average Bonchev–Trinajstić information content (AvgIpc) is 3.48. The minimum absolute atomic E-state index is 0.0267. The van der Waals surface area contributed by atoms with Gasteiger partial charge in [-0.25, -0.2) is 23.9 Å². The predicted octanol–water partition coefficient (Wildman–Crippen LogP) is 4.56. The maximum absolute atomic E-state index is 14.1. The molecule has 12 nitrogen and oxygen atoms in total. The maximum Gasteiger partial charge on any atom is 0.408 e. The molecule has 14 heteroatoms.